The summed E-state index contributed by atoms with van der Waals surface area (Å²) in [6.45, 7) is 0.566. The number of hydrogen-bond acceptors (Lipinski definition) is 5. The number of ether oxygens (including phenoxy) is 2. The van der Waals surface area contributed by atoms with Crippen LogP contribution in [-0.2, 0) is 22.5 Å². The minimum Gasteiger partial charge on any atom is -0.496 e. The Hall–Kier alpha value is -1.86. The molecule has 118 valence electrons. The smallest absolute Gasteiger partial charge is 0.322 e. The molecule has 22 heavy (non-hydrogen) atoms. The van der Waals surface area contributed by atoms with Crippen LogP contribution in [0.5, 0.6) is 5.75 Å². The van der Waals surface area contributed by atoms with E-state index in [4.69, 9.17) is 10.5 Å². The van der Waals surface area contributed by atoms with Gasteiger partial charge in [-0.2, -0.15) is 5.10 Å². The highest BCUT2D eigenvalue weighted by molar-refractivity contribution is 9.10. The summed E-state index contributed by atoms with van der Waals surface area (Å²) >= 11 is 3.37. The Morgan fingerprint density at radius 2 is 2.23 bits per heavy atom. The van der Waals surface area contributed by atoms with E-state index in [1.54, 1.807) is 18.0 Å². The zero-order valence-electron chi connectivity index (χ0n) is 12.5. The number of hydrogen-bond donors (Lipinski definition) is 1. The van der Waals surface area contributed by atoms with Crippen molar-refractivity contribution in [3.63, 3.8) is 0 Å². The van der Waals surface area contributed by atoms with Crippen molar-refractivity contribution in [3.8, 4) is 5.75 Å². The molecule has 0 saturated carbocycles. The molecule has 1 aromatic heterocycles. The summed E-state index contributed by atoms with van der Waals surface area (Å²) in [7, 11) is 2.95. The highest BCUT2D eigenvalue weighted by atomic mass is 79.9. The maximum Gasteiger partial charge on any atom is 0.322 e. The van der Waals surface area contributed by atoms with Gasteiger partial charge >= 0.3 is 5.97 Å². The first-order valence-corrected chi connectivity index (χ1v) is 7.50. The summed E-state index contributed by atoms with van der Waals surface area (Å²) in [5.41, 5.74) is 7.72. The van der Waals surface area contributed by atoms with Crippen LogP contribution in [0.2, 0.25) is 0 Å². The second kappa shape index (κ2) is 7.42. The summed E-state index contributed by atoms with van der Waals surface area (Å²) in [6, 6.07) is 5.05. The second-order valence-corrected chi connectivity index (χ2v) is 5.75. The third kappa shape index (κ3) is 4.08. The van der Waals surface area contributed by atoms with E-state index in [1.165, 1.54) is 7.11 Å². The van der Waals surface area contributed by atoms with Crippen LogP contribution in [0.15, 0.2) is 35.1 Å². The first kappa shape index (κ1) is 16.5. The van der Waals surface area contributed by atoms with Gasteiger partial charge in [0.05, 0.1) is 31.4 Å². The summed E-state index contributed by atoms with van der Waals surface area (Å²) < 4.78 is 12.7. The number of carbonyl (C=O) groups excluding carboxylic acids is 1. The van der Waals surface area contributed by atoms with Gasteiger partial charge in [0, 0.05) is 11.8 Å². The minimum atomic E-state index is -0.676. The molecule has 0 radical (unpaired) electrons. The lowest BCUT2D eigenvalue weighted by Crippen LogP contribution is -2.33. The third-order valence-electron chi connectivity index (χ3n) is 3.24. The van der Waals surface area contributed by atoms with Crippen molar-refractivity contribution >= 4 is 21.9 Å². The van der Waals surface area contributed by atoms with Crippen molar-refractivity contribution in [1.29, 1.82) is 0 Å². The molecule has 0 spiro atoms. The number of aromatic nitrogens is 2. The lowest BCUT2D eigenvalue weighted by molar-refractivity contribution is -0.142. The molecule has 0 bridgehead atoms. The third-order valence-corrected chi connectivity index (χ3v) is 3.65. The first-order chi connectivity index (χ1) is 10.5. The Labute approximate surface area is 137 Å². The normalized spacial score (nSPS) is 12.0. The molecule has 7 heteroatoms. The van der Waals surface area contributed by atoms with Crippen molar-refractivity contribution in [2.45, 2.75) is 19.0 Å². The lowest BCUT2D eigenvalue weighted by atomic mass is 10.0. The molecule has 2 aromatic rings. The number of methoxy groups -OCH3 is 2. The number of rotatable bonds is 6. The van der Waals surface area contributed by atoms with Gasteiger partial charge in [-0.15, -0.1) is 0 Å². The Morgan fingerprint density at radius 1 is 1.45 bits per heavy atom. The molecule has 6 nitrogen and oxygen atoms in total. The van der Waals surface area contributed by atoms with E-state index in [1.807, 2.05) is 24.4 Å². The van der Waals surface area contributed by atoms with E-state index in [0.717, 1.165) is 21.3 Å². The Kier molecular flexibility index (Phi) is 5.57. The minimum absolute atomic E-state index is 0.409. The molecule has 2 rings (SSSR count). The Bertz CT molecular complexity index is 657. The molecule has 1 aromatic carbocycles. The quantitative estimate of drug-likeness (QED) is 0.786. The second-order valence-electron chi connectivity index (χ2n) is 4.84. The number of nitrogens with zero attached hydrogens (tertiary/aromatic N) is 2. The van der Waals surface area contributed by atoms with Crippen LogP contribution in [0, 0.1) is 0 Å². The molecule has 0 aliphatic carbocycles. The summed E-state index contributed by atoms with van der Waals surface area (Å²) in [6.07, 6.45) is 4.02. The largest absolute Gasteiger partial charge is 0.496 e. The van der Waals surface area contributed by atoms with Crippen LogP contribution in [0.25, 0.3) is 0 Å². The molecule has 1 heterocycles. The predicted octanol–water partition coefficient (Wildman–Crippen LogP) is 1.75. The van der Waals surface area contributed by atoms with Crippen molar-refractivity contribution < 1.29 is 14.3 Å². The Morgan fingerprint density at radius 3 is 2.82 bits per heavy atom. The molecule has 0 saturated heterocycles. The van der Waals surface area contributed by atoms with Gasteiger partial charge in [-0.1, -0.05) is 12.1 Å². The van der Waals surface area contributed by atoms with Crippen LogP contribution < -0.4 is 10.5 Å². The van der Waals surface area contributed by atoms with Crippen LogP contribution in [0.1, 0.15) is 11.1 Å². The maximum atomic E-state index is 11.4. The molecular weight excluding hydrogens is 350 g/mol. The van der Waals surface area contributed by atoms with Crippen LogP contribution >= 0.6 is 15.9 Å². The lowest BCUT2D eigenvalue weighted by Gasteiger charge is -2.13. The van der Waals surface area contributed by atoms with Gasteiger partial charge in [0.2, 0.25) is 0 Å². The molecule has 2 N–H and O–H groups in total. The first-order valence-electron chi connectivity index (χ1n) is 6.70. The predicted molar refractivity (Wildman–Crippen MR) is 85.7 cm³/mol. The SMILES string of the molecule is COC(=O)C(N)Cc1ccc(OC)c(Cn2cc(Br)cn2)c1. The van der Waals surface area contributed by atoms with E-state index >= 15 is 0 Å². The van der Waals surface area contributed by atoms with Crippen LogP contribution in [0.3, 0.4) is 0 Å². The molecule has 0 fully saturated rings. The van der Waals surface area contributed by atoms with Crippen LogP contribution in [0.4, 0.5) is 0 Å². The van der Waals surface area contributed by atoms with Crippen molar-refractivity contribution in [2.75, 3.05) is 14.2 Å². The number of carbonyl (C=O) groups is 1. The van der Waals surface area contributed by atoms with Gasteiger partial charge in [0.25, 0.3) is 0 Å². The van der Waals surface area contributed by atoms with Gasteiger partial charge < -0.3 is 15.2 Å². The van der Waals surface area contributed by atoms with Crippen molar-refractivity contribution in [3.05, 3.63) is 46.2 Å². The molecular formula is C15H18BrN3O3. The topological polar surface area (TPSA) is 79.4 Å². The molecule has 1 unspecified atom stereocenters. The van der Waals surface area contributed by atoms with Crippen LogP contribution in [-0.4, -0.2) is 36.0 Å². The van der Waals surface area contributed by atoms with Crippen molar-refractivity contribution in [1.82, 2.24) is 9.78 Å². The maximum absolute atomic E-state index is 11.4. The fourth-order valence-corrected chi connectivity index (χ4v) is 2.50. The van der Waals surface area contributed by atoms with E-state index in [9.17, 15) is 4.79 Å². The van der Waals surface area contributed by atoms with Crippen molar-refractivity contribution in [2.24, 2.45) is 5.73 Å². The summed E-state index contributed by atoms with van der Waals surface area (Å²) in [5, 5.41) is 4.23. The van der Waals surface area contributed by atoms with Gasteiger partial charge in [-0.3, -0.25) is 9.48 Å². The summed E-state index contributed by atoms with van der Waals surface area (Å²) in [4.78, 5) is 11.4. The number of benzene rings is 1. The molecule has 0 amide bonds. The van der Waals surface area contributed by atoms with E-state index in [0.29, 0.717) is 13.0 Å². The standard InChI is InChI=1S/C15H18BrN3O3/c1-21-14-4-3-10(6-13(17)15(20)22-2)5-11(14)8-19-9-12(16)7-18-19/h3-5,7,9,13H,6,8,17H2,1-2H3. The number of esters is 1. The summed E-state index contributed by atoms with van der Waals surface area (Å²) in [5.74, 6) is 0.343. The van der Waals surface area contributed by atoms with E-state index in [-0.39, 0.29) is 0 Å². The van der Waals surface area contributed by atoms with Gasteiger partial charge in [0.1, 0.15) is 11.8 Å². The Balaban J connectivity index is 2.20. The average Bonchev–Trinajstić information content (AvgIpc) is 2.91. The molecule has 0 aliphatic heterocycles. The highest BCUT2D eigenvalue weighted by Crippen LogP contribution is 2.22. The molecule has 1 atom stereocenters. The highest BCUT2D eigenvalue weighted by Gasteiger charge is 2.15. The average molecular weight is 368 g/mol. The van der Waals surface area contributed by atoms with E-state index in [2.05, 4.69) is 25.8 Å². The number of nitrogens with two attached hydrogens (primary N) is 1. The van der Waals surface area contributed by atoms with Gasteiger partial charge in [-0.25, -0.2) is 0 Å². The molecule has 0 aliphatic rings. The fraction of sp³-hybridized carbons (Fsp3) is 0.333. The van der Waals surface area contributed by atoms with Gasteiger partial charge in [-0.05, 0) is 34.0 Å². The van der Waals surface area contributed by atoms with E-state index < -0.39 is 12.0 Å². The monoisotopic (exact) mass is 367 g/mol. The zero-order chi connectivity index (χ0) is 16.1. The number of halogens is 1. The zero-order valence-corrected chi connectivity index (χ0v) is 14.0. The van der Waals surface area contributed by atoms with Gasteiger partial charge in [0.15, 0.2) is 0 Å². The fourth-order valence-electron chi connectivity index (χ4n) is 2.17.